The number of carbonyl (C=O) groups excluding carboxylic acids is 3. The zero-order chi connectivity index (χ0) is 30.0. The summed E-state index contributed by atoms with van der Waals surface area (Å²) < 4.78 is 16.6. The van der Waals surface area contributed by atoms with Crippen LogP contribution in [-0.4, -0.2) is 140 Å². The maximum atomic E-state index is 12.6. The van der Waals surface area contributed by atoms with Gasteiger partial charge in [-0.05, 0) is 58.2 Å². The quantitative estimate of drug-likeness (QED) is 0.407. The predicted octanol–water partition coefficient (Wildman–Crippen LogP) is 2.75. The summed E-state index contributed by atoms with van der Waals surface area (Å²) in [5, 5.41) is 0. The first-order chi connectivity index (χ1) is 20.2. The lowest BCUT2D eigenvalue weighted by atomic mass is 9.96. The van der Waals surface area contributed by atoms with E-state index < -0.39 is 5.60 Å². The Morgan fingerprint density at radius 1 is 0.762 bits per heavy atom. The third kappa shape index (κ3) is 10.4. The molecule has 4 rings (SSSR count). The molecule has 0 radical (unpaired) electrons. The van der Waals surface area contributed by atoms with E-state index >= 15 is 0 Å². The first kappa shape index (κ1) is 32.0. The summed E-state index contributed by atoms with van der Waals surface area (Å²) in [4.78, 5) is 47.4. The van der Waals surface area contributed by atoms with Gasteiger partial charge in [0.05, 0.1) is 6.61 Å². The normalized spacial score (nSPS) is 19.5. The van der Waals surface area contributed by atoms with Crippen molar-refractivity contribution in [1.29, 1.82) is 0 Å². The molecule has 0 saturated carbocycles. The lowest BCUT2D eigenvalue weighted by Gasteiger charge is -2.39. The Kier molecular flexibility index (Phi) is 11.9. The number of carbonyl (C=O) groups is 3. The topological polar surface area (TPSA) is 95.1 Å². The highest BCUT2D eigenvalue weighted by molar-refractivity contribution is 5.78. The number of ether oxygens (including phenoxy) is 3. The third-order valence-electron chi connectivity index (χ3n) is 8.12. The first-order valence-electron chi connectivity index (χ1n) is 15.4. The maximum absolute atomic E-state index is 12.6. The average molecular weight is 588 g/mol. The van der Waals surface area contributed by atoms with Gasteiger partial charge in [-0.1, -0.05) is 30.3 Å². The Labute approximate surface area is 250 Å². The van der Waals surface area contributed by atoms with Crippen molar-refractivity contribution in [1.82, 2.24) is 24.5 Å². The van der Waals surface area contributed by atoms with Crippen LogP contribution in [0.1, 0.15) is 39.2 Å². The van der Waals surface area contributed by atoms with Gasteiger partial charge >= 0.3 is 12.2 Å². The fourth-order valence-corrected chi connectivity index (χ4v) is 5.59. The molecule has 3 aliphatic heterocycles. The number of amides is 3. The van der Waals surface area contributed by atoms with E-state index in [-0.39, 0.29) is 31.3 Å². The fourth-order valence-electron chi connectivity index (χ4n) is 5.59. The molecule has 0 bridgehead atoms. The highest BCUT2D eigenvalue weighted by atomic mass is 16.6. The van der Waals surface area contributed by atoms with Crippen LogP contribution in [-0.2, 0) is 25.6 Å². The van der Waals surface area contributed by atoms with E-state index in [0.717, 1.165) is 70.8 Å². The number of piperazine rings is 2. The lowest BCUT2D eigenvalue weighted by molar-refractivity contribution is -0.137. The molecule has 11 heteroatoms. The summed E-state index contributed by atoms with van der Waals surface area (Å²) in [5.41, 5.74) is 0.494. The summed E-state index contributed by atoms with van der Waals surface area (Å²) >= 11 is 0. The molecule has 3 fully saturated rings. The van der Waals surface area contributed by atoms with E-state index in [1.807, 2.05) is 56.0 Å². The Balaban J connectivity index is 1.02. The van der Waals surface area contributed by atoms with Gasteiger partial charge in [-0.3, -0.25) is 9.69 Å². The van der Waals surface area contributed by atoms with Crippen molar-refractivity contribution in [3.8, 4) is 0 Å². The molecule has 0 aliphatic carbocycles. The third-order valence-corrected chi connectivity index (χ3v) is 8.12. The van der Waals surface area contributed by atoms with Crippen molar-refractivity contribution in [3.63, 3.8) is 0 Å². The molecular formula is C31H49N5O6. The minimum absolute atomic E-state index is 0.0298. The Morgan fingerprint density at radius 2 is 1.36 bits per heavy atom. The van der Waals surface area contributed by atoms with Crippen LogP contribution in [0.5, 0.6) is 0 Å². The van der Waals surface area contributed by atoms with Gasteiger partial charge in [-0.25, -0.2) is 9.59 Å². The molecule has 3 saturated heterocycles. The fraction of sp³-hybridized carbons (Fsp3) is 0.710. The van der Waals surface area contributed by atoms with E-state index in [9.17, 15) is 14.4 Å². The van der Waals surface area contributed by atoms with Crippen LogP contribution >= 0.6 is 0 Å². The lowest BCUT2D eigenvalue weighted by Crippen LogP contribution is -2.51. The molecule has 11 nitrogen and oxygen atoms in total. The molecule has 3 heterocycles. The first-order valence-corrected chi connectivity index (χ1v) is 15.4. The van der Waals surface area contributed by atoms with Crippen LogP contribution < -0.4 is 0 Å². The molecule has 3 amide bonds. The zero-order valence-electron chi connectivity index (χ0n) is 25.7. The van der Waals surface area contributed by atoms with E-state index in [0.29, 0.717) is 38.7 Å². The van der Waals surface area contributed by atoms with Crippen molar-refractivity contribution < 1.29 is 28.6 Å². The monoisotopic (exact) mass is 587 g/mol. The molecule has 3 aliphatic rings. The predicted molar refractivity (Wildman–Crippen MR) is 159 cm³/mol. The summed E-state index contributed by atoms with van der Waals surface area (Å²) in [6.07, 6.45) is 1.76. The maximum Gasteiger partial charge on any atom is 0.410 e. The Bertz CT molecular complexity index is 995. The van der Waals surface area contributed by atoms with Crippen LogP contribution in [0.15, 0.2) is 30.3 Å². The number of hydrogen-bond acceptors (Lipinski definition) is 8. The smallest absolute Gasteiger partial charge is 0.410 e. The SMILES string of the molecule is CC(C)(C)OC(=O)N1CCN(CC2CCN(CCOCC(=O)N3CCN(C(=O)OCc4ccccc4)CC3)CC2)CC1. The largest absolute Gasteiger partial charge is 0.445 e. The summed E-state index contributed by atoms with van der Waals surface area (Å²) in [7, 11) is 0. The number of hydrogen-bond donors (Lipinski definition) is 0. The average Bonchev–Trinajstić information content (AvgIpc) is 2.99. The van der Waals surface area contributed by atoms with Crippen LogP contribution in [0, 0.1) is 5.92 Å². The molecular weight excluding hydrogens is 538 g/mol. The van der Waals surface area contributed by atoms with Crippen LogP contribution in [0.4, 0.5) is 9.59 Å². The molecule has 0 unspecified atom stereocenters. The Hall–Kier alpha value is -2.89. The summed E-state index contributed by atoms with van der Waals surface area (Å²) in [6, 6.07) is 9.61. The molecule has 0 atom stereocenters. The van der Waals surface area contributed by atoms with E-state index in [1.54, 1.807) is 9.80 Å². The second-order valence-electron chi connectivity index (χ2n) is 12.5. The number of piperidine rings is 1. The van der Waals surface area contributed by atoms with Crippen LogP contribution in [0.2, 0.25) is 0 Å². The second-order valence-corrected chi connectivity index (χ2v) is 12.5. The summed E-state index contributed by atoms with van der Waals surface area (Å²) in [6.45, 7) is 15.7. The van der Waals surface area contributed by atoms with Crippen LogP contribution in [0.3, 0.4) is 0 Å². The van der Waals surface area contributed by atoms with Gasteiger partial charge in [0.15, 0.2) is 0 Å². The highest BCUT2D eigenvalue weighted by Gasteiger charge is 2.28. The standard InChI is InChI=1S/C31H49N5O6/c1-31(2,3)42-30(39)36-15-13-33(14-16-36)23-26-9-11-32(12-10-26)21-22-40-25-28(37)34-17-19-35(20-18-34)29(38)41-24-27-7-5-4-6-8-27/h4-8,26H,9-25H2,1-3H3. The Morgan fingerprint density at radius 3 is 2.00 bits per heavy atom. The van der Waals surface area contributed by atoms with E-state index in [1.165, 1.54) is 0 Å². The van der Waals surface area contributed by atoms with Crippen molar-refractivity contribution in [2.24, 2.45) is 5.92 Å². The van der Waals surface area contributed by atoms with Gasteiger partial charge < -0.3 is 33.8 Å². The molecule has 0 aromatic heterocycles. The van der Waals surface area contributed by atoms with Crippen molar-refractivity contribution in [3.05, 3.63) is 35.9 Å². The molecule has 0 N–H and O–H groups in total. The highest BCUT2D eigenvalue weighted by Crippen LogP contribution is 2.20. The number of nitrogens with zero attached hydrogens (tertiary/aromatic N) is 5. The van der Waals surface area contributed by atoms with Crippen LogP contribution in [0.25, 0.3) is 0 Å². The molecule has 1 aromatic carbocycles. The number of benzene rings is 1. The van der Waals surface area contributed by atoms with Gasteiger partial charge in [0.25, 0.3) is 0 Å². The van der Waals surface area contributed by atoms with Gasteiger partial charge in [-0.2, -0.15) is 0 Å². The van der Waals surface area contributed by atoms with Gasteiger partial charge in [0.2, 0.25) is 5.91 Å². The van der Waals surface area contributed by atoms with Crippen molar-refractivity contribution >= 4 is 18.1 Å². The molecule has 234 valence electrons. The van der Waals surface area contributed by atoms with Crippen molar-refractivity contribution in [2.75, 3.05) is 91.8 Å². The molecule has 0 spiro atoms. The second kappa shape index (κ2) is 15.5. The molecule has 42 heavy (non-hydrogen) atoms. The number of likely N-dealkylation sites (tertiary alicyclic amines) is 1. The molecule has 1 aromatic rings. The van der Waals surface area contributed by atoms with Gasteiger partial charge in [-0.15, -0.1) is 0 Å². The number of rotatable bonds is 9. The zero-order valence-corrected chi connectivity index (χ0v) is 25.7. The van der Waals surface area contributed by atoms with Gasteiger partial charge in [0, 0.05) is 65.4 Å². The van der Waals surface area contributed by atoms with E-state index in [4.69, 9.17) is 14.2 Å². The minimum atomic E-state index is -0.458. The minimum Gasteiger partial charge on any atom is -0.445 e. The van der Waals surface area contributed by atoms with Crippen molar-refractivity contribution in [2.45, 2.75) is 45.8 Å². The van der Waals surface area contributed by atoms with Gasteiger partial charge in [0.1, 0.15) is 18.8 Å². The summed E-state index contributed by atoms with van der Waals surface area (Å²) in [5.74, 6) is 0.642. The van der Waals surface area contributed by atoms with E-state index in [2.05, 4.69) is 9.80 Å².